The van der Waals surface area contributed by atoms with Crippen molar-refractivity contribution in [3.05, 3.63) is 29.8 Å². The second-order valence-electron chi connectivity index (χ2n) is 5.41. The van der Waals surface area contributed by atoms with E-state index in [0.29, 0.717) is 31.1 Å². The molecule has 0 aliphatic rings. The van der Waals surface area contributed by atoms with Crippen LogP contribution in [-0.4, -0.2) is 37.2 Å². The monoisotopic (exact) mass is 399 g/mol. The lowest BCUT2D eigenvalue weighted by Gasteiger charge is -2.14. The van der Waals surface area contributed by atoms with E-state index in [1.807, 2.05) is 0 Å². The van der Waals surface area contributed by atoms with Crippen LogP contribution < -0.4 is 10.1 Å². The smallest absolute Gasteiger partial charge is 0.324 e. The zero-order chi connectivity index (χ0) is 19.3. The molecule has 26 heavy (non-hydrogen) atoms. The lowest BCUT2D eigenvalue weighted by molar-refractivity contribution is 0.0952. The zero-order valence-corrected chi connectivity index (χ0v) is 16.7. The Balaban J connectivity index is 2.11. The number of hydrogen-bond donors (Lipinski definition) is 2. The number of carbonyl (C=O) groups is 1. The van der Waals surface area contributed by atoms with Gasteiger partial charge in [0.25, 0.3) is 5.91 Å². The quantitative estimate of drug-likeness (QED) is 0.301. The third-order valence-corrected chi connectivity index (χ3v) is 5.07. The highest BCUT2D eigenvalue weighted by atomic mass is 32.5. The largest absolute Gasteiger partial charge is 0.481 e. The molecule has 0 saturated carbocycles. The van der Waals surface area contributed by atoms with E-state index in [1.165, 1.54) is 0 Å². The molecule has 1 rings (SSSR count). The molecule has 0 aliphatic heterocycles. The van der Waals surface area contributed by atoms with E-state index < -0.39 is 6.72 Å². The van der Waals surface area contributed by atoms with Gasteiger partial charge in [0.05, 0.1) is 13.2 Å². The number of amides is 1. The summed E-state index contributed by atoms with van der Waals surface area (Å²) in [7, 11) is 0. The van der Waals surface area contributed by atoms with Gasteiger partial charge in [-0.05, 0) is 55.8 Å². The summed E-state index contributed by atoms with van der Waals surface area (Å²) in [6.07, 6.45) is 8.66. The van der Waals surface area contributed by atoms with Gasteiger partial charge >= 0.3 is 6.72 Å². The number of rotatable bonds is 13. The SMILES string of the molecule is C#CCOc1ccc(C(=O)NCCCCCCOP(O)(=S)OCC)cc1. The lowest BCUT2D eigenvalue weighted by atomic mass is 10.2. The first kappa shape index (κ1) is 22.6. The van der Waals surface area contributed by atoms with Crippen molar-refractivity contribution in [3.8, 4) is 18.1 Å². The molecule has 0 heterocycles. The van der Waals surface area contributed by atoms with Crippen LogP contribution in [0.15, 0.2) is 24.3 Å². The first-order valence-corrected chi connectivity index (χ1v) is 11.1. The van der Waals surface area contributed by atoms with Crippen LogP contribution in [0.4, 0.5) is 0 Å². The second-order valence-corrected chi connectivity index (χ2v) is 8.24. The Kier molecular flexibility index (Phi) is 11.2. The molecule has 0 aliphatic carbocycles. The van der Waals surface area contributed by atoms with E-state index in [4.69, 9.17) is 32.0 Å². The summed E-state index contributed by atoms with van der Waals surface area (Å²) < 4.78 is 15.4. The molecule has 1 unspecified atom stereocenters. The maximum Gasteiger partial charge on any atom is 0.324 e. The molecule has 0 saturated heterocycles. The minimum absolute atomic E-state index is 0.116. The zero-order valence-electron chi connectivity index (χ0n) is 15.0. The standard InChI is InChI=1S/C18H26NO5PS/c1-3-14-22-17-11-9-16(10-12-17)18(20)19-13-7-5-6-8-15-24-25(21,26)23-4-2/h1,9-12H,4-8,13-15H2,2H3,(H,19,20)(H,21,26). The molecule has 1 amide bonds. The maximum absolute atomic E-state index is 12.0. The lowest BCUT2D eigenvalue weighted by Crippen LogP contribution is -2.24. The van der Waals surface area contributed by atoms with Gasteiger partial charge in [0, 0.05) is 12.1 Å². The Bertz CT molecular complexity index is 629. The molecule has 0 bridgehead atoms. The molecule has 2 N–H and O–H groups in total. The first-order chi connectivity index (χ1) is 12.5. The Morgan fingerprint density at radius 2 is 1.92 bits per heavy atom. The maximum atomic E-state index is 12.0. The van der Waals surface area contributed by atoms with Crippen LogP contribution in [0, 0.1) is 12.3 Å². The summed E-state index contributed by atoms with van der Waals surface area (Å²) in [5.74, 6) is 2.91. The Hall–Kier alpha value is -1.42. The second kappa shape index (κ2) is 12.9. The average Bonchev–Trinajstić information content (AvgIpc) is 2.62. The molecule has 0 aromatic heterocycles. The minimum Gasteiger partial charge on any atom is -0.481 e. The van der Waals surface area contributed by atoms with Gasteiger partial charge in [-0.1, -0.05) is 18.8 Å². The van der Waals surface area contributed by atoms with Gasteiger partial charge in [-0.2, -0.15) is 0 Å². The van der Waals surface area contributed by atoms with Gasteiger partial charge < -0.3 is 24.0 Å². The average molecular weight is 399 g/mol. The first-order valence-electron chi connectivity index (χ1n) is 8.55. The summed E-state index contributed by atoms with van der Waals surface area (Å²) in [6, 6.07) is 6.85. The van der Waals surface area contributed by atoms with E-state index in [9.17, 15) is 9.69 Å². The third kappa shape index (κ3) is 9.91. The van der Waals surface area contributed by atoms with Crippen molar-refractivity contribution in [2.75, 3.05) is 26.4 Å². The summed E-state index contributed by atoms with van der Waals surface area (Å²) in [4.78, 5) is 21.6. The van der Waals surface area contributed by atoms with Crippen molar-refractivity contribution < 1.29 is 23.5 Å². The third-order valence-electron chi connectivity index (χ3n) is 3.34. The predicted molar refractivity (Wildman–Crippen MR) is 106 cm³/mol. The van der Waals surface area contributed by atoms with Gasteiger partial charge in [0.15, 0.2) is 0 Å². The van der Waals surface area contributed by atoms with Crippen LogP contribution in [0.3, 0.4) is 0 Å². The van der Waals surface area contributed by atoms with E-state index in [0.717, 1.165) is 25.7 Å². The fourth-order valence-corrected chi connectivity index (χ4v) is 3.39. The number of carbonyl (C=O) groups excluding carboxylic acids is 1. The molecule has 1 aromatic carbocycles. The number of unbranched alkanes of at least 4 members (excludes halogenated alkanes) is 3. The van der Waals surface area contributed by atoms with Crippen molar-refractivity contribution >= 4 is 24.4 Å². The van der Waals surface area contributed by atoms with Gasteiger partial charge in [-0.25, -0.2) is 0 Å². The molecular formula is C18H26NO5PS. The molecule has 0 spiro atoms. The van der Waals surface area contributed by atoms with Crippen molar-refractivity contribution in [1.82, 2.24) is 5.32 Å². The van der Waals surface area contributed by atoms with E-state index in [-0.39, 0.29) is 12.5 Å². The van der Waals surface area contributed by atoms with Crippen LogP contribution >= 0.6 is 6.72 Å². The van der Waals surface area contributed by atoms with Crippen molar-refractivity contribution in [1.29, 1.82) is 0 Å². The molecule has 1 aromatic rings. The van der Waals surface area contributed by atoms with Crippen molar-refractivity contribution in [2.24, 2.45) is 0 Å². The highest BCUT2D eigenvalue weighted by Gasteiger charge is 2.12. The summed E-state index contributed by atoms with van der Waals surface area (Å²) in [5, 5.41) is 2.88. The van der Waals surface area contributed by atoms with Crippen LogP contribution in [0.1, 0.15) is 43.0 Å². The van der Waals surface area contributed by atoms with Crippen molar-refractivity contribution in [3.63, 3.8) is 0 Å². The van der Waals surface area contributed by atoms with Gasteiger partial charge in [0.1, 0.15) is 12.4 Å². The number of terminal acetylenes is 1. The van der Waals surface area contributed by atoms with Gasteiger partial charge in [0.2, 0.25) is 0 Å². The summed E-state index contributed by atoms with van der Waals surface area (Å²) in [5.41, 5.74) is 0.580. The van der Waals surface area contributed by atoms with Crippen LogP contribution in [-0.2, 0) is 20.9 Å². The van der Waals surface area contributed by atoms with Crippen molar-refractivity contribution in [2.45, 2.75) is 32.6 Å². The number of hydrogen-bond acceptors (Lipinski definition) is 5. The molecule has 8 heteroatoms. The fourth-order valence-electron chi connectivity index (χ4n) is 2.09. The molecule has 6 nitrogen and oxygen atoms in total. The normalized spacial score (nSPS) is 12.8. The predicted octanol–water partition coefficient (Wildman–Crippen LogP) is 3.26. The van der Waals surface area contributed by atoms with Crippen LogP contribution in [0.5, 0.6) is 5.75 Å². The highest BCUT2D eigenvalue weighted by Crippen LogP contribution is 2.43. The van der Waals surface area contributed by atoms with Crippen LogP contribution in [0.25, 0.3) is 0 Å². The Morgan fingerprint density at radius 1 is 1.23 bits per heavy atom. The van der Waals surface area contributed by atoms with Gasteiger partial charge in [-0.3, -0.25) is 4.79 Å². The van der Waals surface area contributed by atoms with Crippen LogP contribution in [0.2, 0.25) is 0 Å². The Morgan fingerprint density at radius 3 is 2.58 bits per heavy atom. The molecule has 1 atom stereocenters. The van der Waals surface area contributed by atoms with E-state index in [1.54, 1.807) is 31.2 Å². The topological polar surface area (TPSA) is 77.0 Å². The number of nitrogens with one attached hydrogen (secondary N) is 1. The molecule has 144 valence electrons. The fraction of sp³-hybridized carbons (Fsp3) is 0.500. The highest BCUT2D eigenvalue weighted by molar-refractivity contribution is 8.07. The summed E-state index contributed by atoms with van der Waals surface area (Å²) >= 11 is 4.82. The number of ether oxygens (including phenoxy) is 1. The van der Waals surface area contributed by atoms with E-state index >= 15 is 0 Å². The van der Waals surface area contributed by atoms with Gasteiger partial charge in [-0.15, -0.1) is 6.42 Å². The molecular weight excluding hydrogens is 373 g/mol. The Labute approximate surface area is 160 Å². The number of benzene rings is 1. The van der Waals surface area contributed by atoms with E-state index in [2.05, 4.69) is 11.2 Å². The minimum atomic E-state index is -3.05. The summed E-state index contributed by atoms with van der Waals surface area (Å²) in [6.45, 7) is 0.239. The molecule has 0 radical (unpaired) electrons. The molecule has 0 fully saturated rings.